The number of thioether (sulfide) groups is 1. The number of rotatable bonds is 5. The third-order valence-electron chi connectivity index (χ3n) is 3.62. The summed E-state index contributed by atoms with van der Waals surface area (Å²) in [6.07, 6.45) is 0. The van der Waals surface area contributed by atoms with E-state index in [9.17, 15) is 9.18 Å². The molecule has 5 heteroatoms. The number of aromatic nitrogens is 1. The molecule has 0 aliphatic heterocycles. The van der Waals surface area contributed by atoms with Gasteiger partial charge in [-0.25, -0.2) is 9.37 Å². The minimum atomic E-state index is -0.281. The molecule has 2 aromatic carbocycles. The number of carbonyl (C=O) groups excluding carboxylic acids is 1. The van der Waals surface area contributed by atoms with Crippen LogP contribution in [0.4, 0.5) is 4.39 Å². The van der Waals surface area contributed by atoms with Gasteiger partial charge in [0.2, 0.25) is 5.91 Å². The standard InChI is InChI=1S/C19H17FN2OS/c1-13(19(23)21-12-14-6-9-16(20)10-7-14)24-18-11-8-15-4-2-3-5-17(15)22-18/h2-11,13H,12H2,1H3,(H,21,23). The van der Waals surface area contributed by atoms with Gasteiger partial charge >= 0.3 is 0 Å². The van der Waals surface area contributed by atoms with Crippen molar-refractivity contribution in [3.8, 4) is 0 Å². The van der Waals surface area contributed by atoms with Crippen LogP contribution < -0.4 is 5.32 Å². The first-order valence-electron chi connectivity index (χ1n) is 7.66. The van der Waals surface area contributed by atoms with Crippen LogP contribution >= 0.6 is 11.8 Å². The number of amides is 1. The van der Waals surface area contributed by atoms with Crippen LogP contribution in [-0.4, -0.2) is 16.1 Å². The first kappa shape index (κ1) is 16.5. The molecule has 3 rings (SSSR count). The Bertz CT molecular complexity index is 851. The van der Waals surface area contributed by atoms with Gasteiger partial charge in [0.25, 0.3) is 0 Å². The summed E-state index contributed by atoms with van der Waals surface area (Å²) in [7, 11) is 0. The quantitative estimate of drug-likeness (QED) is 0.709. The van der Waals surface area contributed by atoms with E-state index < -0.39 is 0 Å². The Morgan fingerprint density at radius 3 is 2.67 bits per heavy atom. The van der Waals surface area contributed by atoms with E-state index in [0.29, 0.717) is 6.54 Å². The van der Waals surface area contributed by atoms with Crippen LogP contribution in [0.25, 0.3) is 10.9 Å². The molecule has 1 N–H and O–H groups in total. The van der Waals surface area contributed by atoms with Crippen molar-refractivity contribution in [2.45, 2.75) is 23.7 Å². The van der Waals surface area contributed by atoms with Crippen molar-refractivity contribution in [2.24, 2.45) is 0 Å². The van der Waals surface area contributed by atoms with E-state index in [1.807, 2.05) is 43.3 Å². The third-order valence-corrected chi connectivity index (χ3v) is 4.66. The average Bonchev–Trinajstić information content (AvgIpc) is 2.61. The van der Waals surface area contributed by atoms with E-state index in [1.165, 1.54) is 23.9 Å². The molecule has 1 unspecified atom stereocenters. The van der Waals surface area contributed by atoms with Gasteiger partial charge in [0.05, 0.1) is 15.8 Å². The number of halogens is 1. The summed E-state index contributed by atoms with van der Waals surface area (Å²) in [6.45, 7) is 2.23. The molecule has 24 heavy (non-hydrogen) atoms. The SMILES string of the molecule is CC(Sc1ccc2ccccc2n1)C(=O)NCc1ccc(F)cc1. The Morgan fingerprint density at radius 2 is 1.88 bits per heavy atom. The van der Waals surface area contributed by atoms with E-state index in [-0.39, 0.29) is 17.0 Å². The Balaban J connectivity index is 1.59. The van der Waals surface area contributed by atoms with Crippen LogP contribution in [0.5, 0.6) is 0 Å². The lowest BCUT2D eigenvalue weighted by atomic mass is 10.2. The highest BCUT2D eigenvalue weighted by Gasteiger charge is 2.15. The fraction of sp³-hybridized carbons (Fsp3) is 0.158. The van der Waals surface area contributed by atoms with Crippen molar-refractivity contribution in [3.05, 3.63) is 72.0 Å². The molecule has 1 aromatic heterocycles. The lowest BCUT2D eigenvalue weighted by molar-refractivity contribution is -0.120. The van der Waals surface area contributed by atoms with Crippen molar-refractivity contribution in [1.82, 2.24) is 10.3 Å². The average molecular weight is 340 g/mol. The van der Waals surface area contributed by atoms with E-state index >= 15 is 0 Å². The predicted octanol–water partition coefficient (Wildman–Crippen LogP) is 4.17. The van der Waals surface area contributed by atoms with Gasteiger partial charge in [-0.1, -0.05) is 48.2 Å². The number of para-hydroxylation sites is 1. The summed E-state index contributed by atoms with van der Waals surface area (Å²) in [5.74, 6) is -0.351. The second-order valence-corrected chi connectivity index (χ2v) is 6.81. The highest BCUT2D eigenvalue weighted by molar-refractivity contribution is 8.00. The van der Waals surface area contributed by atoms with Crippen molar-refractivity contribution in [2.75, 3.05) is 0 Å². The lowest BCUT2D eigenvalue weighted by Gasteiger charge is -2.12. The van der Waals surface area contributed by atoms with Gasteiger partial charge in [0.15, 0.2) is 0 Å². The molecule has 0 saturated heterocycles. The molecule has 0 saturated carbocycles. The van der Waals surface area contributed by atoms with Gasteiger partial charge in [-0.2, -0.15) is 0 Å². The normalized spacial score (nSPS) is 12.1. The molecule has 0 spiro atoms. The summed E-state index contributed by atoms with van der Waals surface area (Å²) in [5.41, 5.74) is 1.78. The number of hydrogen-bond donors (Lipinski definition) is 1. The monoisotopic (exact) mass is 340 g/mol. The minimum absolute atomic E-state index is 0.0701. The van der Waals surface area contributed by atoms with E-state index in [4.69, 9.17) is 0 Å². The maximum atomic E-state index is 12.9. The molecule has 0 aliphatic carbocycles. The molecule has 122 valence electrons. The van der Waals surface area contributed by atoms with Crippen molar-refractivity contribution < 1.29 is 9.18 Å². The van der Waals surface area contributed by atoms with E-state index in [0.717, 1.165) is 21.5 Å². The number of fused-ring (bicyclic) bond motifs is 1. The zero-order valence-corrected chi connectivity index (χ0v) is 14.0. The molecule has 1 heterocycles. The Kier molecular flexibility index (Phi) is 5.11. The summed E-state index contributed by atoms with van der Waals surface area (Å²) < 4.78 is 12.9. The second-order valence-electron chi connectivity index (χ2n) is 5.45. The molecule has 0 bridgehead atoms. The maximum Gasteiger partial charge on any atom is 0.233 e. The fourth-order valence-corrected chi connectivity index (χ4v) is 3.13. The van der Waals surface area contributed by atoms with Gasteiger partial charge in [-0.15, -0.1) is 0 Å². The number of nitrogens with zero attached hydrogens (tertiary/aromatic N) is 1. The minimum Gasteiger partial charge on any atom is -0.351 e. The molecular weight excluding hydrogens is 323 g/mol. The molecule has 3 aromatic rings. The maximum absolute atomic E-state index is 12.9. The van der Waals surface area contributed by atoms with Gasteiger partial charge < -0.3 is 5.32 Å². The van der Waals surface area contributed by atoms with Crippen LogP contribution in [0.2, 0.25) is 0 Å². The molecule has 3 nitrogen and oxygen atoms in total. The molecule has 0 radical (unpaired) electrons. The number of nitrogens with one attached hydrogen (secondary N) is 1. The number of carbonyl (C=O) groups is 1. The second kappa shape index (κ2) is 7.45. The summed E-state index contributed by atoms with van der Waals surface area (Å²) in [5, 5.41) is 4.50. The Morgan fingerprint density at radius 1 is 1.12 bits per heavy atom. The molecule has 0 aliphatic rings. The largest absolute Gasteiger partial charge is 0.351 e. The van der Waals surface area contributed by atoms with E-state index in [2.05, 4.69) is 10.3 Å². The zero-order valence-electron chi connectivity index (χ0n) is 13.2. The van der Waals surface area contributed by atoms with Crippen molar-refractivity contribution in [3.63, 3.8) is 0 Å². The van der Waals surface area contributed by atoms with Crippen LogP contribution in [0.1, 0.15) is 12.5 Å². The van der Waals surface area contributed by atoms with Crippen LogP contribution in [0.15, 0.2) is 65.7 Å². The smallest absolute Gasteiger partial charge is 0.233 e. The first-order chi connectivity index (χ1) is 11.6. The first-order valence-corrected chi connectivity index (χ1v) is 8.54. The van der Waals surface area contributed by atoms with Gasteiger partial charge in [-0.05, 0) is 36.8 Å². The zero-order chi connectivity index (χ0) is 16.9. The van der Waals surface area contributed by atoms with Gasteiger partial charge in [0, 0.05) is 11.9 Å². The molecule has 1 atom stereocenters. The summed E-state index contributed by atoms with van der Waals surface area (Å²) in [6, 6.07) is 17.9. The van der Waals surface area contributed by atoms with Gasteiger partial charge in [-0.3, -0.25) is 4.79 Å². The predicted molar refractivity (Wildman–Crippen MR) is 95.3 cm³/mol. The fourth-order valence-electron chi connectivity index (χ4n) is 2.28. The number of benzene rings is 2. The highest BCUT2D eigenvalue weighted by Crippen LogP contribution is 2.24. The Labute approximate surface area is 144 Å². The third kappa shape index (κ3) is 4.11. The topological polar surface area (TPSA) is 42.0 Å². The highest BCUT2D eigenvalue weighted by atomic mass is 32.2. The summed E-state index contributed by atoms with van der Waals surface area (Å²) >= 11 is 1.42. The van der Waals surface area contributed by atoms with Crippen molar-refractivity contribution in [1.29, 1.82) is 0 Å². The molecular formula is C19H17FN2OS. The molecule has 0 fully saturated rings. The Hall–Kier alpha value is -2.40. The van der Waals surface area contributed by atoms with Crippen LogP contribution in [0, 0.1) is 5.82 Å². The lowest BCUT2D eigenvalue weighted by Crippen LogP contribution is -2.30. The number of pyridine rings is 1. The van der Waals surface area contributed by atoms with Crippen molar-refractivity contribution >= 4 is 28.6 Å². The van der Waals surface area contributed by atoms with E-state index in [1.54, 1.807) is 12.1 Å². The van der Waals surface area contributed by atoms with Crippen LogP contribution in [0.3, 0.4) is 0 Å². The van der Waals surface area contributed by atoms with Gasteiger partial charge in [0.1, 0.15) is 5.82 Å². The van der Waals surface area contributed by atoms with Crippen LogP contribution in [-0.2, 0) is 11.3 Å². The summed E-state index contributed by atoms with van der Waals surface area (Å²) in [4.78, 5) is 16.8. The molecule has 1 amide bonds. The number of hydrogen-bond acceptors (Lipinski definition) is 3.